The average Bonchev–Trinajstić information content (AvgIpc) is 3.02. The Labute approximate surface area is 264 Å². The molecule has 0 saturated heterocycles. The average molecular weight is 635 g/mol. The van der Waals surface area contributed by atoms with E-state index in [2.05, 4.69) is 16.0 Å². The number of carbonyl (C=O) groups excluding carboxylic acids is 3. The predicted molar refractivity (Wildman–Crippen MR) is 175 cm³/mol. The Morgan fingerprint density at radius 3 is 2.28 bits per heavy atom. The lowest BCUT2D eigenvalue weighted by molar-refractivity contribution is -0.116. The first kappa shape index (κ1) is 31.7. The van der Waals surface area contributed by atoms with E-state index in [0.29, 0.717) is 44.7 Å². The molecule has 7 nitrogen and oxygen atoms in total. The van der Waals surface area contributed by atoms with Crippen molar-refractivity contribution in [3.63, 3.8) is 0 Å². The van der Waals surface area contributed by atoms with Gasteiger partial charge in [0.1, 0.15) is 11.4 Å². The lowest BCUT2D eigenvalue weighted by atomic mass is 10.1. The van der Waals surface area contributed by atoms with Gasteiger partial charge < -0.3 is 20.7 Å². The first-order valence-corrected chi connectivity index (χ1v) is 15.0. The van der Waals surface area contributed by atoms with E-state index in [1.807, 2.05) is 25.1 Å². The highest BCUT2D eigenvalue weighted by atomic mass is 35.5. The van der Waals surface area contributed by atoms with Crippen molar-refractivity contribution in [1.29, 1.82) is 0 Å². The second-order valence-electron chi connectivity index (χ2n) is 9.23. The largest absolute Gasteiger partial charge is 0.496 e. The fraction of sp³-hybridized carbons (Fsp3) is 0.121. The van der Waals surface area contributed by atoms with E-state index in [0.717, 1.165) is 4.90 Å². The molecule has 0 saturated carbocycles. The maximum atomic E-state index is 13.5. The summed E-state index contributed by atoms with van der Waals surface area (Å²) >= 11 is 13.4. The summed E-state index contributed by atoms with van der Waals surface area (Å²) in [5, 5.41) is 8.82. The maximum absolute atomic E-state index is 13.5. The molecule has 0 aromatic heterocycles. The van der Waals surface area contributed by atoms with Crippen molar-refractivity contribution in [3.05, 3.63) is 124 Å². The van der Waals surface area contributed by atoms with Crippen LogP contribution in [0.2, 0.25) is 10.0 Å². The van der Waals surface area contributed by atoms with Crippen LogP contribution in [-0.2, 0) is 9.59 Å². The third kappa shape index (κ3) is 8.88. The van der Waals surface area contributed by atoms with E-state index in [1.165, 1.54) is 18.9 Å². The van der Waals surface area contributed by atoms with Crippen molar-refractivity contribution < 1.29 is 19.1 Å². The van der Waals surface area contributed by atoms with Crippen molar-refractivity contribution in [3.8, 4) is 5.75 Å². The molecule has 220 valence electrons. The van der Waals surface area contributed by atoms with Gasteiger partial charge in [-0.1, -0.05) is 72.6 Å². The van der Waals surface area contributed by atoms with E-state index in [4.69, 9.17) is 27.9 Å². The van der Waals surface area contributed by atoms with Gasteiger partial charge in [0.25, 0.3) is 11.8 Å². The number of hydrogen-bond acceptors (Lipinski definition) is 5. The monoisotopic (exact) mass is 633 g/mol. The van der Waals surface area contributed by atoms with E-state index in [9.17, 15) is 14.4 Å². The Morgan fingerprint density at radius 2 is 1.56 bits per heavy atom. The predicted octanol–water partition coefficient (Wildman–Crippen LogP) is 7.92. The highest BCUT2D eigenvalue weighted by molar-refractivity contribution is 8.00. The number of nitrogens with one attached hydrogen (secondary N) is 3. The first-order chi connectivity index (χ1) is 20.8. The molecular weight excluding hydrogens is 605 g/mol. The third-order valence-electron chi connectivity index (χ3n) is 6.19. The molecule has 0 aliphatic carbocycles. The van der Waals surface area contributed by atoms with Gasteiger partial charge in [0, 0.05) is 27.4 Å². The van der Waals surface area contributed by atoms with Crippen LogP contribution in [0.3, 0.4) is 0 Å². The number of thioether (sulfide) groups is 1. The number of carbonyl (C=O) groups is 3. The molecule has 1 unspecified atom stereocenters. The number of hydrogen-bond donors (Lipinski definition) is 3. The molecule has 4 aromatic carbocycles. The van der Waals surface area contributed by atoms with Gasteiger partial charge in [0.15, 0.2) is 0 Å². The molecule has 0 fully saturated rings. The standard InChI is InChI=1S/C33H29Cl2N3O4S/c1-3-30(33(41)37-24-16-17-26(34)27(35)20-24)43-25-14-9-13-23(19-25)36-32(40)28(18-22-12-7-8-15-29(22)42-2)38-31(39)21-10-5-4-6-11-21/h4-20,30H,3H2,1-2H3,(H,36,40)(H,37,41)(H,38,39)/b28-18+. The van der Waals surface area contributed by atoms with E-state index in [-0.39, 0.29) is 11.6 Å². The molecule has 4 aromatic rings. The third-order valence-corrected chi connectivity index (χ3v) is 8.29. The van der Waals surface area contributed by atoms with E-state index >= 15 is 0 Å². The molecule has 3 N–H and O–H groups in total. The highest BCUT2D eigenvalue weighted by Gasteiger charge is 2.20. The number of benzene rings is 4. The Morgan fingerprint density at radius 1 is 0.837 bits per heavy atom. The molecule has 4 rings (SSSR count). The maximum Gasteiger partial charge on any atom is 0.272 e. The minimum absolute atomic E-state index is 0.0313. The molecule has 0 heterocycles. The van der Waals surface area contributed by atoms with Crippen LogP contribution in [0.25, 0.3) is 6.08 Å². The van der Waals surface area contributed by atoms with Crippen molar-refractivity contribution in [1.82, 2.24) is 5.32 Å². The summed E-state index contributed by atoms with van der Waals surface area (Å²) in [5.41, 5.74) is 2.10. The van der Waals surface area contributed by atoms with Crippen LogP contribution in [0.15, 0.2) is 108 Å². The molecule has 0 radical (unpaired) electrons. The topological polar surface area (TPSA) is 96.5 Å². The lowest BCUT2D eigenvalue weighted by Gasteiger charge is -2.16. The smallest absolute Gasteiger partial charge is 0.272 e. The Balaban J connectivity index is 1.52. The van der Waals surface area contributed by atoms with Crippen LogP contribution < -0.4 is 20.7 Å². The van der Waals surface area contributed by atoms with E-state index in [1.54, 1.807) is 84.9 Å². The number of anilines is 2. The Kier molecular flexibility index (Phi) is 11.3. The number of methoxy groups -OCH3 is 1. The molecule has 0 spiro atoms. The van der Waals surface area contributed by atoms with Crippen LogP contribution in [0, 0.1) is 0 Å². The number of para-hydroxylation sites is 1. The number of ether oxygens (including phenoxy) is 1. The zero-order chi connectivity index (χ0) is 30.8. The summed E-state index contributed by atoms with van der Waals surface area (Å²) in [7, 11) is 1.53. The molecule has 0 bridgehead atoms. The fourth-order valence-electron chi connectivity index (χ4n) is 4.01. The van der Waals surface area contributed by atoms with Crippen molar-refractivity contribution in [2.75, 3.05) is 17.7 Å². The summed E-state index contributed by atoms with van der Waals surface area (Å²) in [5.74, 6) is -0.599. The molecule has 0 aliphatic rings. The van der Waals surface area contributed by atoms with Crippen LogP contribution in [-0.4, -0.2) is 30.1 Å². The fourth-order valence-corrected chi connectivity index (χ4v) is 5.32. The first-order valence-electron chi connectivity index (χ1n) is 13.3. The second-order valence-corrected chi connectivity index (χ2v) is 11.3. The SMILES string of the molecule is CCC(Sc1cccc(NC(=O)/C(=C\c2ccccc2OC)NC(=O)c2ccccc2)c1)C(=O)Nc1ccc(Cl)c(Cl)c1. The number of rotatable bonds is 11. The molecule has 3 amide bonds. The van der Waals surface area contributed by atoms with Crippen LogP contribution >= 0.6 is 35.0 Å². The van der Waals surface area contributed by atoms with Crippen molar-refractivity contribution in [2.24, 2.45) is 0 Å². The van der Waals surface area contributed by atoms with Gasteiger partial charge in [0.2, 0.25) is 5.91 Å². The Bertz CT molecular complexity index is 1650. The van der Waals surface area contributed by atoms with Gasteiger partial charge in [0.05, 0.1) is 22.4 Å². The summed E-state index contributed by atoms with van der Waals surface area (Å²) in [6.45, 7) is 1.92. The van der Waals surface area contributed by atoms with Crippen molar-refractivity contribution >= 4 is 70.1 Å². The highest BCUT2D eigenvalue weighted by Crippen LogP contribution is 2.30. The minimum Gasteiger partial charge on any atom is -0.496 e. The van der Waals surface area contributed by atoms with Gasteiger partial charge in [-0.2, -0.15) is 0 Å². The summed E-state index contributed by atoms with van der Waals surface area (Å²) in [6.07, 6.45) is 2.12. The van der Waals surface area contributed by atoms with E-state index < -0.39 is 17.1 Å². The van der Waals surface area contributed by atoms with Gasteiger partial charge in [-0.15, -0.1) is 11.8 Å². The summed E-state index contributed by atoms with van der Waals surface area (Å²) in [6, 6.07) is 27.9. The molecule has 43 heavy (non-hydrogen) atoms. The zero-order valence-corrected chi connectivity index (χ0v) is 25.7. The lowest BCUT2D eigenvalue weighted by Crippen LogP contribution is -2.30. The van der Waals surface area contributed by atoms with Gasteiger partial charge >= 0.3 is 0 Å². The molecule has 0 aliphatic heterocycles. The summed E-state index contributed by atoms with van der Waals surface area (Å²) < 4.78 is 5.43. The molecule has 1 atom stereocenters. The summed E-state index contributed by atoms with van der Waals surface area (Å²) in [4.78, 5) is 40.3. The number of amides is 3. The van der Waals surface area contributed by atoms with Crippen LogP contribution in [0.5, 0.6) is 5.75 Å². The zero-order valence-electron chi connectivity index (χ0n) is 23.4. The van der Waals surface area contributed by atoms with Crippen molar-refractivity contribution in [2.45, 2.75) is 23.5 Å². The molecular formula is C33H29Cl2N3O4S. The van der Waals surface area contributed by atoms with Gasteiger partial charge in [-0.3, -0.25) is 14.4 Å². The minimum atomic E-state index is -0.526. The van der Waals surface area contributed by atoms with Crippen LogP contribution in [0.4, 0.5) is 11.4 Å². The quantitative estimate of drug-likeness (QED) is 0.115. The second kappa shape index (κ2) is 15.3. The normalized spacial score (nSPS) is 11.8. The van der Waals surface area contributed by atoms with Gasteiger partial charge in [-0.05, 0) is 67.1 Å². The van der Waals surface area contributed by atoms with Crippen LogP contribution in [0.1, 0.15) is 29.3 Å². The van der Waals surface area contributed by atoms with Gasteiger partial charge in [-0.25, -0.2) is 0 Å². The Hall–Kier alpha value is -4.24. The number of halogens is 2. The molecule has 10 heteroatoms.